The van der Waals surface area contributed by atoms with E-state index in [-0.39, 0.29) is 5.75 Å². The van der Waals surface area contributed by atoms with E-state index in [0.717, 1.165) is 23.4 Å². The first kappa shape index (κ1) is 14.9. The lowest BCUT2D eigenvalue weighted by molar-refractivity contribution is -0.133. The zero-order valence-corrected chi connectivity index (χ0v) is 12.8. The van der Waals surface area contributed by atoms with Crippen molar-refractivity contribution < 1.29 is 9.90 Å². The smallest absolute Gasteiger partial charge is 0.313 e. The van der Waals surface area contributed by atoms with Crippen LogP contribution in [0.15, 0.2) is 29.6 Å². The van der Waals surface area contributed by atoms with Crippen molar-refractivity contribution in [3.8, 4) is 5.69 Å². The Labute approximate surface area is 126 Å². The van der Waals surface area contributed by atoms with E-state index in [4.69, 9.17) is 16.7 Å². The fraction of sp³-hybridized carbons (Fsp3) is 0.286. The van der Waals surface area contributed by atoms with Crippen LogP contribution in [0, 0.1) is 6.92 Å². The summed E-state index contributed by atoms with van der Waals surface area (Å²) in [5.74, 6) is -0.887. The van der Waals surface area contributed by atoms with Gasteiger partial charge < -0.3 is 5.11 Å². The number of halogens is 1. The number of benzene rings is 1. The number of imidazole rings is 1. The third-order valence-electron chi connectivity index (χ3n) is 2.83. The van der Waals surface area contributed by atoms with Crippen LogP contribution in [0.1, 0.15) is 18.2 Å². The molecule has 0 atom stereocenters. The van der Waals surface area contributed by atoms with Crippen LogP contribution in [0.2, 0.25) is 5.02 Å². The van der Waals surface area contributed by atoms with Crippen LogP contribution in [0.3, 0.4) is 0 Å². The first-order valence-corrected chi connectivity index (χ1v) is 7.57. The number of aryl methyl sites for hydroxylation is 2. The zero-order chi connectivity index (χ0) is 14.7. The van der Waals surface area contributed by atoms with Crippen molar-refractivity contribution in [2.24, 2.45) is 0 Å². The number of carboxylic acid groups (broad SMARTS) is 1. The van der Waals surface area contributed by atoms with Gasteiger partial charge in [-0.2, -0.15) is 0 Å². The van der Waals surface area contributed by atoms with Crippen molar-refractivity contribution in [3.63, 3.8) is 0 Å². The molecule has 0 radical (unpaired) electrons. The first-order chi connectivity index (χ1) is 9.52. The minimum atomic E-state index is -0.863. The molecule has 0 amide bonds. The molecular weight excluding hydrogens is 296 g/mol. The number of rotatable bonds is 5. The van der Waals surface area contributed by atoms with E-state index in [1.807, 2.05) is 36.6 Å². The third-order valence-corrected chi connectivity index (χ3v) is 4.09. The van der Waals surface area contributed by atoms with Crippen LogP contribution in [0.25, 0.3) is 5.69 Å². The summed E-state index contributed by atoms with van der Waals surface area (Å²) in [7, 11) is 0. The van der Waals surface area contributed by atoms with Crippen LogP contribution in [0.5, 0.6) is 0 Å². The summed E-state index contributed by atoms with van der Waals surface area (Å²) in [5, 5.41) is 10.1. The molecule has 0 bridgehead atoms. The Bertz CT molecular complexity index is 640. The van der Waals surface area contributed by atoms with E-state index in [9.17, 15) is 4.79 Å². The van der Waals surface area contributed by atoms with Crippen molar-refractivity contribution in [2.75, 3.05) is 5.75 Å². The molecule has 0 saturated heterocycles. The molecule has 6 heteroatoms. The molecule has 2 aromatic rings. The molecule has 1 N–H and O–H groups in total. The average Bonchev–Trinajstić information content (AvgIpc) is 2.82. The van der Waals surface area contributed by atoms with Gasteiger partial charge in [0.05, 0.1) is 16.5 Å². The molecule has 106 valence electrons. The molecule has 1 heterocycles. The number of thioether (sulfide) groups is 1. The third kappa shape index (κ3) is 3.16. The van der Waals surface area contributed by atoms with Crippen molar-refractivity contribution in [3.05, 3.63) is 40.7 Å². The highest BCUT2D eigenvalue weighted by molar-refractivity contribution is 7.99. The fourth-order valence-corrected chi connectivity index (χ4v) is 2.82. The van der Waals surface area contributed by atoms with Crippen molar-refractivity contribution >= 4 is 29.3 Å². The Balaban J connectivity index is 2.50. The highest BCUT2D eigenvalue weighted by atomic mass is 35.5. The molecule has 0 fully saturated rings. The monoisotopic (exact) mass is 310 g/mol. The Kier molecular flexibility index (Phi) is 4.73. The van der Waals surface area contributed by atoms with Gasteiger partial charge in [-0.25, -0.2) is 4.98 Å². The minimum Gasteiger partial charge on any atom is -0.481 e. The Morgan fingerprint density at radius 1 is 1.50 bits per heavy atom. The van der Waals surface area contributed by atoms with Gasteiger partial charge in [0, 0.05) is 11.9 Å². The predicted octanol–water partition coefficient (Wildman–Crippen LogP) is 3.57. The van der Waals surface area contributed by atoms with Gasteiger partial charge in [0.1, 0.15) is 0 Å². The summed E-state index contributed by atoms with van der Waals surface area (Å²) < 4.78 is 1.93. The molecule has 0 saturated carbocycles. The van der Waals surface area contributed by atoms with Crippen LogP contribution < -0.4 is 0 Å². The quantitative estimate of drug-likeness (QED) is 0.858. The number of carboxylic acids is 1. The van der Waals surface area contributed by atoms with Crippen LogP contribution >= 0.6 is 23.4 Å². The molecule has 0 aliphatic heterocycles. The van der Waals surface area contributed by atoms with Crippen molar-refractivity contribution in [1.82, 2.24) is 9.55 Å². The van der Waals surface area contributed by atoms with Crippen molar-refractivity contribution in [1.29, 1.82) is 0 Å². The summed E-state index contributed by atoms with van der Waals surface area (Å²) in [6.07, 6.45) is 2.56. The van der Waals surface area contributed by atoms with E-state index >= 15 is 0 Å². The topological polar surface area (TPSA) is 55.1 Å². The molecular formula is C14H15ClN2O2S. The van der Waals surface area contributed by atoms with Gasteiger partial charge in [-0.1, -0.05) is 36.4 Å². The number of hydrogen-bond acceptors (Lipinski definition) is 3. The standard InChI is InChI=1S/C14H15ClN2O2S/c1-3-10-7-16-14(20-8-13(18)19)17(10)12-6-9(2)4-5-11(12)15/h4-7H,3,8H2,1-2H3,(H,18,19). The lowest BCUT2D eigenvalue weighted by atomic mass is 10.2. The van der Waals surface area contributed by atoms with Gasteiger partial charge in [0.2, 0.25) is 0 Å². The van der Waals surface area contributed by atoms with Gasteiger partial charge in [0.25, 0.3) is 0 Å². The first-order valence-electron chi connectivity index (χ1n) is 6.20. The maximum atomic E-state index is 10.7. The predicted molar refractivity (Wildman–Crippen MR) is 81.0 cm³/mol. The van der Waals surface area contributed by atoms with Crippen molar-refractivity contribution in [2.45, 2.75) is 25.4 Å². The fourth-order valence-electron chi connectivity index (χ4n) is 1.90. The maximum absolute atomic E-state index is 10.7. The number of hydrogen-bond donors (Lipinski definition) is 1. The van der Waals surface area contributed by atoms with E-state index in [0.29, 0.717) is 10.2 Å². The highest BCUT2D eigenvalue weighted by Gasteiger charge is 2.15. The average molecular weight is 311 g/mol. The highest BCUT2D eigenvalue weighted by Crippen LogP contribution is 2.29. The van der Waals surface area contributed by atoms with E-state index < -0.39 is 5.97 Å². The van der Waals surface area contributed by atoms with Gasteiger partial charge in [0.15, 0.2) is 5.16 Å². The SMILES string of the molecule is CCc1cnc(SCC(=O)O)n1-c1cc(C)ccc1Cl. The number of aliphatic carboxylic acids is 1. The van der Waals surface area contributed by atoms with Crippen LogP contribution in [-0.4, -0.2) is 26.4 Å². The van der Waals surface area contributed by atoms with E-state index in [1.54, 1.807) is 6.20 Å². The van der Waals surface area contributed by atoms with Crippen LogP contribution in [-0.2, 0) is 11.2 Å². The Hall–Kier alpha value is -1.46. The zero-order valence-electron chi connectivity index (χ0n) is 11.3. The van der Waals surface area contributed by atoms with Gasteiger partial charge in [-0.15, -0.1) is 0 Å². The summed E-state index contributed by atoms with van der Waals surface area (Å²) in [6, 6.07) is 5.77. The lowest BCUT2D eigenvalue weighted by Gasteiger charge is -2.13. The Morgan fingerprint density at radius 2 is 2.25 bits per heavy atom. The molecule has 4 nitrogen and oxygen atoms in total. The molecule has 0 spiro atoms. The molecule has 1 aromatic heterocycles. The number of carbonyl (C=O) groups is 1. The second-order valence-corrected chi connectivity index (χ2v) is 5.71. The molecule has 1 aromatic carbocycles. The number of aromatic nitrogens is 2. The van der Waals surface area contributed by atoms with Gasteiger partial charge in [-0.05, 0) is 31.0 Å². The van der Waals surface area contributed by atoms with E-state index in [2.05, 4.69) is 4.98 Å². The lowest BCUT2D eigenvalue weighted by Crippen LogP contribution is -2.05. The molecule has 2 rings (SSSR count). The summed E-state index contributed by atoms with van der Waals surface area (Å²) in [4.78, 5) is 15.0. The minimum absolute atomic E-state index is 0.0242. The van der Waals surface area contributed by atoms with Gasteiger partial charge in [-0.3, -0.25) is 9.36 Å². The van der Waals surface area contributed by atoms with Crippen LogP contribution in [0.4, 0.5) is 0 Å². The molecule has 20 heavy (non-hydrogen) atoms. The molecule has 0 unspecified atom stereocenters. The number of nitrogens with zero attached hydrogens (tertiary/aromatic N) is 2. The van der Waals surface area contributed by atoms with Gasteiger partial charge >= 0.3 is 5.97 Å². The summed E-state index contributed by atoms with van der Waals surface area (Å²) in [5.41, 5.74) is 2.94. The normalized spacial score (nSPS) is 10.8. The molecule has 0 aliphatic carbocycles. The maximum Gasteiger partial charge on any atom is 0.313 e. The Morgan fingerprint density at radius 3 is 2.90 bits per heavy atom. The largest absolute Gasteiger partial charge is 0.481 e. The molecule has 0 aliphatic rings. The van der Waals surface area contributed by atoms with E-state index in [1.165, 1.54) is 11.8 Å². The second-order valence-electron chi connectivity index (χ2n) is 4.36. The summed E-state index contributed by atoms with van der Waals surface area (Å²) >= 11 is 7.47. The summed E-state index contributed by atoms with van der Waals surface area (Å²) in [6.45, 7) is 4.02. The second kappa shape index (κ2) is 6.33.